The highest BCUT2D eigenvalue weighted by atomic mass is 14.9. The van der Waals surface area contributed by atoms with Crippen LogP contribution in [0.25, 0.3) is 0 Å². The molecule has 1 N–H and O–H groups in total. The van der Waals surface area contributed by atoms with Gasteiger partial charge in [-0.3, -0.25) is 4.98 Å². The molecule has 2 aliphatic rings. The fraction of sp³-hybridized carbons (Fsp3) is 0.583. The lowest BCUT2D eigenvalue weighted by Crippen LogP contribution is -2.25. The van der Waals surface area contributed by atoms with Gasteiger partial charge in [0.15, 0.2) is 0 Å². The van der Waals surface area contributed by atoms with Gasteiger partial charge < -0.3 is 5.32 Å². The minimum absolute atomic E-state index is 0.733. The molecule has 3 rings (SSSR count). The third kappa shape index (κ3) is 1.39. The maximum atomic E-state index is 4.03. The number of rotatable bonds is 2. The lowest BCUT2D eigenvalue weighted by molar-refractivity contribution is 0.440. The van der Waals surface area contributed by atoms with Gasteiger partial charge in [0.2, 0.25) is 0 Å². The molecule has 2 saturated carbocycles. The predicted octanol–water partition coefficient (Wildman–Crippen LogP) is 2.68. The largest absolute Gasteiger partial charge is 0.382 e. The van der Waals surface area contributed by atoms with E-state index in [-0.39, 0.29) is 0 Å². The van der Waals surface area contributed by atoms with Crippen LogP contribution < -0.4 is 5.32 Å². The quantitative estimate of drug-likeness (QED) is 0.771. The zero-order valence-electron chi connectivity index (χ0n) is 8.32. The first-order valence-electron chi connectivity index (χ1n) is 5.58. The van der Waals surface area contributed by atoms with Crippen LogP contribution in [0.4, 0.5) is 5.69 Å². The van der Waals surface area contributed by atoms with Crippen molar-refractivity contribution in [2.75, 3.05) is 5.32 Å². The van der Waals surface area contributed by atoms with E-state index < -0.39 is 0 Å². The van der Waals surface area contributed by atoms with Crippen LogP contribution in [-0.4, -0.2) is 11.0 Å². The first-order chi connectivity index (χ1) is 6.92. The molecule has 14 heavy (non-hydrogen) atoms. The van der Waals surface area contributed by atoms with Crippen molar-refractivity contribution in [3.63, 3.8) is 0 Å². The van der Waals surface area contributed by atoms with Crippen molar-refractivity contribution >= 4 is 5.69 Å². The van der Waals surface area contributed by atoms with Crippen molar-refractivity contribution in [2.24, 2.45) is 11.8 Å². The van der Waals surface area contributed by atoms with Crippen molar-refractivity contribution in [1.82, 2.24) is 4.98 Å². The van der Waals surface area contributed by atoms with Gasteiger partial charge in [0.1, 0.15) is 0 Å². The molecule has 0 amide bonds. The highest BCUT2D eigenvalue weighted by Crippen LogP contribution is 2.45. The average molecular weight is 188 g/mol. The summed E-state index contributed by atoms with van der Waals surface area (Å²) in [5.74, 6) is 1.95. The van der Waals surface area contributed by atoms with Crippen LogP contribution in [0.2, 0.25) is 0 Å². The van der Waals surface area contributed by atoms with E-state index in [2.05, 4.69) is 22.4 Å². The molecule has 2 heteroatoms. The van der Waals surface area contributed by atoms with Crippen molar-refractivity contribution in [3.05, 3.63) is 24.5 Å². The van der Waals surface area contributed by atoms with Crippen molar-refractivity contribution in [3.8, 4) is 0 Å². The lowest BCUT2D eigenvalue weighted by atomic mass is 9.95. The minimum atomic E-state index is 0.733. The van der Waals surface area contributed by atoms with Gasteiger partial charge in [0, 0.05) is 24.1 Å². The van der Waals surface area contributed by atoms with E-state index in [1.165, 1.54) is 31.4 Å². The molecule has 74 valence electrons. The Balaban J connectivity index is 1.69. The predicted molar refractivity (Wildman–Crippen MR) is 57.1 cm³/mol. The number of nitrogens with zero attached hydrogens (tertiary/aromatic N) is 1. The molecule has 1 aromatic heterocycles. The summed E-state index contributed by atoms with van der Waals surface area (Å²) in [6.45, 7) is 0. The maximum absolute atomic E-state index is 4.03. The van der Waals surface area contributed by atoms with E-state index in [1.807, 2.05) is 12.4 Å². The molecule has 1 heterocycles. The molecule has 0 radical (unpaired) electrons. The second-order valence-corrected chi connectivity index (χ2v) is 4.66. The Labute approximate surface area is 84.7 Å². The first kappa shape index (κ1) is 8.27. The van der Waals surface area contributed by atoms with Crippen LogP contribution in [0.1, 0.15) is 25.7 Å². The summed E-state index contributed by atoms with van der Waals surface area (Å²) in [5.41, 5.74) is 1.23. The Morgan fingerprint density at radius 2 is 2.00 bits per heavy atom. The van der Waals surface area contributed by atoms with Gasteiger partial charge in [-0.1, -0.05) is 6.42 Å². The van der Waals surface area contributed by atoms with Crippen LogP contribution in [0, 0.1) is 11.8 Å². The van der Waals surface area contributed by atoms with Gasteiger partial charge >= 0.3 is 0 Å². The third-order valence-corrected chi connectivity index (χ3v) is 3.77. The lowest BCUT2D eigenvalue weighted by Gasteiger charge is -2.23. The fourth-order valence-electron chi connectivity index (χ4n) is 3.08. The van der Waals surface area contributed by atoms with E-state index in [0.29, 0.717) is 0 Å². The topological polar surface area (TPSA) is 24.9 Å². The molecule has 2 nitrogen and oxygen atoms in total. The number of anilines is 1. The van der Waals surface area contributed by atoms with Crippen LogP contribution in [-0.2, 0) is 0 Å². The molecule has 2 aliphatic carbocycles. The highest BCUT2D eigenvalue weighted by molar-refractivity contribution is 5.42. The van der Waals surface area contributed by atoms with Gasteiger partial charge in [-0.05, 0) is 43.2 Å². The Morgan fingerprint density at radius 1 is 1.14 bits per heavy atom. The summed E-state index contributed by atoms with van der Waals surface area (Å²) in [4.78, 5) is 4.03. The zero-order chi connectivity index (χ0) is 9.38. The Morgan fingerprint density at radius 3 is 2.64 bits per heavy atom. The van der Waals surface area contributed by atoms with E-state index in [0.717, 1.165) is 17.9 Å². The summed E-state index contributed by atoms with van der Waals surface area (Å²) in [7, 11) is 0. The number of pyridine rings is 1. The summed E-state index contributed by atoms with van der Waals surface area (Å²) in [6, 6.07) is 4.86. The van der Waals surface area contributed by atoms with E-state index in [1.54, 1.807) is 0 Å². The average Bonchev–Trinajstić information content (AvgIpc) is 2.81. The molecule has 2 bridgehead atoms. The minimum Gasteiger partial charge on any atom is -0.382 e. The Hall–Kier alpha value is -1.05. The summed E-state index contributed by atoms with van der Waals surface area (Å²) < 4.78 is 0. The molecular formula is C12H16N2. The molecule has 1 aromatic rings. The van der Waals surface area contributed by atoms with Gasteiger partial charge in [-0.25, -0.2) is 0 Å². The molecule has 0 saturated heterocycles. The highest BCUT2D eigenvalue weighted by Gasteiger charge is 2.39. The van der Waals surface area contributed by atoms with Crippen molar-refractivity contribution in [2.45, 2.75) is 31.7 Å². The summed E-state index contributed by atoms with van der Waals surface area (Å²) in [5, 5.41) is 3.63. The molecule has 0 aromatic carbocycles. The van der Waals surface area contributed by atoms with Crippen LogP contribution in [0.3, 0.4) is 0 Å². The second-order valence-electron chi connectivity index (χ2n) is 4.66. The molecule has 3 atom stereocenters. The summed E-state index contributed by atoms with van der Waals surface area (Å²) >= 11 is 0. The fourth-order valence-corrected chi connectivity index (χ4v) is 3.08. The standard InChI is InChI=1S/C12H16N2/c1-2-10-7-9(1)8-12(10)14-11-3-5-13-6-4-11/h3-6,9-10,12H,1-2,7-8H2,(H,13,14). The van der Waals surface area contributed by atoms with Gasteiger partial charge in [-0.15, -0.1) is 0 Å². The number of hydrogen-bond acceptors (Lipinski definition) is 2. The number of hydrogen-bond donors (Lipinski definition) is 1. The Kier molecular flexibility index (Phi) is 1.93. The zero-order valence-corrected chi connectivity index (χ0v) is 8.32. The normalized spacial score (nSPS) is 34.7. The first-order valence-corrected chi connectivity index (χ1v) is 5.58. The van der Waals surface area contributed by atoms with E-state index in [9.17, 15) is 0 Å². The van der Waals surface area contributed by atoms with Crippen molar-refractivity contribution in [1.29, 1.82) is 0 Å². The van der Waals surface area contributed by atoms with Crippen molar-refractivity contribution < 1.29 is 0 Å². The number of fused-ring (bicyclic) bond motifs is 2. The number of aromatic nitrogens is 1. The van der Waals surface area contributed by atoms with Gasteiger partial charge in [0.25, 0.3) is 0 Å². The van der Waals surface area contributed by atoms with Crippen LogP contribution >= 0.6 is 0 Å². The molecule has 3 unspecified atom stereocenters. The third-order valence-electron chi connectivity index (χ3n) is 3.77. The van der Waals surface area contributed by atoms with Gasteiger partial charge in [-0.2, -0.15) is 0 Å². The second kappa shape index (κ2) is 3.26. The monoisotopic (exact) mass is 188 g/mol. The summed E-state index contributed by atoms with van der Waals surface area (Å²) in [6.07, 6.45) is 9.47. The van der Waals surface area contributed by atoms with E-state index >= 15 is 0 Å². The van der Waals surface area contributed by atoms with Crippen LogP contribution in [0.15, 0.2) is 24.5 Å². The smallest absolute Gasteiger partial charge is 0.0373 e. The van der Waals surface area contributed by atoms with Crippen LogP contribution in [0.5, 0.6) is 0 Å². The maximum Gasteiger partial charge on any atom is 0.0373 e. The molecule has 2 fully saturated rings. The SMILES string of the molecule is c1cc(NC2CC3CCC2C3)ccn1. The molecule has 0 spiro atoms. The Bertz CT molecular complexity index is 309. The van der Waals surface area contributed by atoms with Gasteiger partial charge in [0.05, 0.1) is 0 Å². The van der Waals surface area contributed by atoms with E-state index in [4.69, 9.17) is 0 Å². The number of nitrogens with one attached hydrogen (secondary N) is 1. The molecule has 0 aliphatic heterocycles. The molecular weight excluding hydrogens is 172 g/mol.